The average Bonchev–Trinajstić information content (AvgIpc) is 3.10. The molecule has 0 aliphatic rings. The molecule has 5 rings (SSSR count). The van der Waals surface area contributed by atoms with Gasteiger partial charge in [0, 0.05) is 6.07 Å². The van der Waals surface area contributed by atoms with E-state index in [0.29, 0.717) is 57.5 Å². The van der Waals surface area contributed by atoms with Crippen LogP contribution in [-0.2, 0) is 0 Å². The average molecular weight is 663 g/mol. The third kappa shape index (κ3) is 9.48. The molecule has 0 spiro atoms. The molecule has 0 N–H and O–H groups in total. The number of methoxy groups -OCH3 is 4. The molecular formula is C34H32O10P2. The molecule has 0 saturated heterocycles. The molecule has 0 bridgehead atoms. The number of benzene rings is 5. The fourth-order valence-corrected chi connectivity index (χ4v) is 5.73. The van der Waals surface area contributed by atoms with Crippen molar-refractivity contribution in [3.05, 3.63) is 121 Å². The summed E-state index contributed by atoms with van der Waals surface area (Å²) in [6.07, 6.45) is 0. The second-order valence-corrected chi connectivity index (χ2v) is 11.2. The summed E-state index contributed by atoms with van der Waals surface area (Å²) in [4.78, 5) is 0. The predicted octanol–water partition coefficient (Wildman–Crippen LogP) is 9.25. The minimum absolute atomic E-state index is 0.439. The predicted molar refractivity (Wildman–Crippen MR) is 176 cm³/mol. The topological polar surface area (TPSA) is 92.3 Å². The van der Waals surface area contributed by atoms with Crippen molar-refractivity contribution in [2.24, 2.45) is 0 Å². The first kappa shape index (κ1) is 32.4. The third-order valence-electron chi connectivity index (χ3n) is 6.12. The molecule has 0 saturated carbocycles. The molecular weight excluding hydrogens is 630 g/mol. The van der Waals surface area contributed by atoms with Crippen molar-refractivity contribution in [2.45, 2.75) is 0 Å². The number of hydrogen-bond acceptors (Lipinski definition) is 10. The van der Waals surface area contributed by atoms with Gasteiger partial charge in [-0.05, 0) is 109 Å². The van der Waals surface area contributed by atoms with Crippen molar-refractivity contribution in [1.29, 1.82) is 0 Å². The second kappa shape index (κ2) is 16.3. The van der Waals surface area contributed by atoms with Crippen LogP contribution in [0.4, 0.5) is 0 Å². The van der Waals surface area contributed by atoms with Gasteiger partial charge in [0.15, 0.2) is 0 Å². The lowest BCUT2D eigenvalue weighted by Crippen LogP contribution is -2.04. The van der Waals surface area contributed by atoms with Crippen LogP contribution in [0.5, 0.6) is 57.5 Å². The molecule has 0 amide bonds. The van der Waals surface area contributed by atoms with Crippen molar-refractivity contribution in [1.82, 2.24) is 0 Å². The highest BCUT2D eigenvalue weighted by Crippen LogP contribution is 2.46. The van der Waals surface area contributed by atoms with E-state index in [1.807, 2.05) is 0 Å². The Bertz CT molecular complexity index is 1410. The third-order valence-corrected chi connectivity index (χ3v) is 8.28. The lowest BCUT2D eigenvalue weighted by atomic mass is 10.3. The Balaban J connectivity index is 1.34. The van der Waals surface area contributed by atoms with Crippen LogP contribution in [-0.4, -0.2) is 28.4 Å². The van der Waals surface area contributed by atoms with E-state index < -0.39 is 17.2 Å². The highest BCUT2D eigenvalue weighted by Gasteiger charge is 2.23. The molecule has 0 unspecified atom stereocenters. The summed E-state index contributed by atoms with van der Waals surface area (Å²) in [6, 6.07) is 35.5. The molecule has 238 valence electrons. The standard InChI is InChI=1S/C34H32O10P2/c1-35-25-8-16-29(17-9-25)39-45(40-30-18-10-26(36-2)11-19-30)43-33-6-5-7-34(24-33)44-46(41-31-20-12-27(37-3)13-21-31)42-32-22-14-28(38-4)15-23-32/h5-24H,1-4H3. The second-order valence-electron chi connectivity index (χ2n) is 9.17. The summed E-state index contributed by atoms with van der Waals surface area (Å²) in [6.45, 7) is 0. The van der Waals surface area contributed by atoms with E-state index in [1.54, 1.807) is 150 Å². The van der Waals surface area contributed by atoms with E-state index in [0.717, 1.165) is 0 Å². The SMILES string of the molecule is COc1ccc(OP(Oc2ccc(OC)cc2)Oc2cccc(OP(Oc3ccc(OC)cc3)Oc3ccc(OC)cc3)c2)cc1. The number of ether oxygens (including phenoxy) is 4. The van der Waals surface area contributed by atoms with Gasteiger partial charge in [0.1, 0.15) is 57.5 Å². The largest absolute Gasteiger partial charge is 0.530 e. The number of rotatable bonds is 16. The van der Waals surface area contributed by atoms with Gasteiger partial charge in [0.2, 0.25) is 0 Å². The molecule has 0 aliphatic carbocycles. The van der Waals surface area contributed by atoms with Gasteiger partial charge < -0.3 is 46.1 Å². The lowest BCUT2D eigenvalue weighted by molar-refractivity contribution is 0.378. The smallest absolute Gasteiger partial charge is 0.497 e. The Morgan fingerprint density at radius 2 is 0.500 bits per heavy atom. The zero-order chi connectivity index (χ0) is 32.1. The lowest BCUT2D eigenvalue weighted by Gasteiger charge is -2.20. The fraction of sp³-hybridized carbons (Fsp3) is 0.118. The maximum Gasteiger partial charge on any atom is 0.530 e. The van der Waals surface area contributed by atoms with Crippen LogP contribution in [0.15, 0.2) is 121 Å². The molecule has 0 aromatic heterocycles. The Morgan fingerprint density at radius 1 is 0.283 bits per heavy atom. The Hall–Kier alpha value is -5.04. The normalized spacial score (nSPS) is 10.6. The van der Waals surface area contributed by atoms with Gasteiger partial charge in [-0.1, -0.05) is 6.07 Å². The van der Waals surface area contributed by atoms with E-state index in [2.05, 4.69) is 0 Å². The molecule has 46 heavy (non-hydrogen) atoms. The van der Waals surface area contributed by atoms with Crippen LogP contribution in [0.25, 0.3) is 0 Å². The van der Waals surface area contributed by atoms with Crippen molar-refractivity contribution < 1.29 is 46.1 Å². The summed E-state index contributed by atoms with van der Waals surface area (Å²) in [7, 11) is 2.49. The van der Waals surface area contributed by atoms with Crippen LogP contribution < -0.4 is 46.1 Å². The van der Waals surface area contributed by atoms with Crippen LogP contribution in [0.2, 0.25) is 0 Å². The Morgan fingerprint density at radius 3 is 0.739 bits per heavy atom. The van der Waals surface area contributed by atoms with Crippen molar-refractivity contribution in [3.63, 3.8) is 0 Å². The van der Waals surface area contributed by atoms with Gasteiger partial charge in [-0.25, -0.2) is 0 Å². The molecule has 0 fully saturated rings. The zero-order valence-electron chi connectivity index (χ0n) is 25.5. The van der Waals surface area contributed by atoms with Gasteiger partial charge >= 0.3 is 17.2 Å². The maximum atomic E-state index is 6.22. The van der Waals surface area contributed by atoms with Gasteiger partial charge in [0.05, 0.1) is 28.4 Å². The van der Waals surface area contributed by atoms with Crippen LogP contribution in [0.3, 0.4) is 0 Å². The van der Waals surface area contributed by atoms with E-state index in [1.165, 1.54) is 0 Å². The van der Waals surface area contributed by atoms with Crippen LogP contribution in [0.1, 0.15) is 0 Å². The quantitative estimate of drug-likeness (QED) is 0.0952. The minimum Gasteiger partial charge on any atom is -0.497 e. The van der Waals surface area contributed by atoms with Gasteiger partial charge in [-0.15, -0.1) is 0 Å². The van der Waals surface area contributed by atoms with Gasteiger partial charge in [-0.3, -0.25) is 0 Å². The maximum absolute atomic E-state index is 6.22. The summed E-state index contributed by atoms with van der Waals surface area (Å²) < 4.78 is 58.0. The summed E-state index contributed by atoms with van der Waals surface area (Å²) in [5, 5.41) is 0. The zero-order valence-corrected chi connectivity index (χ0v) is 27.3. The van der Waals surface area contributed by atoms with Crippen molar-refractivity contribution in [2.75, 3.05) is 28.4 Å². The fourth-order valence-electron chi connectivity index (χ4n) is 3.76. The summed E-state index contributed by atoms with van der Waals surface area (Å²) >= 11 is 0. The van der Waals surface area contributed by atoms with Gasteiger partial charge in [-0.2, -0.15) is 0 Å². The highest BCUT2D eigenvalue weighted by atomic mass is 31.2. The molecule has 0 heterocycles. The minimum atomic E-state index is -1.96. The first-order valence-corrected chi connectivity index (χ1v) is 16.1. The van der Waals surface area contributed by atoms with E-state index in [-0.39, 0.29) is 0 Å². The highest BCUT2D eigenvalue weighted by molar-refractivity contribution is 7.43. The monoisotopic (exact) mass is 662 g/mol. The molecule has 5 aromatic carbocycles. The molecule has 0 aliphatic heterocycles. The first-order chi connectivity index (χ1) is 22.5. The first-order valence-electron chi connectivity index (χ1n) is 13.9. The summed E-state index contributed by atoms with van der Waals surface area (Å²) in [5.41, 5.74) is 0. The van der Waals surface area contributed by atoms with Gasteiger partial charge in [0.25, 0.3) is 0 Å². The Labute approximate surface area is 270 Å². The van der Waals surface area contributed by atoms with Crippen molar-refractivity contribution in [3.8, 4) is 57.5 Å². The molecule has 12 heteroatoms. The Kier molecular flexibility index (Phi) is 11.5. The summed E-state index contributed by atoms with van der Waals surface area (Å²) in [5.74, 6) is 5.83. The van der Waals surface area contributed by atoms with E-state index >= 15 is 0 Å². The molecule has 0 radical (unpaired) electrons. The van der Waals surface area contributed by atoms with Crippen LogP contribution in [0, 0.1) is 0 Å². The van der Waals surface area contributed by atoms with E-state index in [9.17, 15) is 0 Å². The molecule has 10 nitrogen and oxygen atoms in total. The number of hydrogen-bond donors (Lipinski definition) is 0. The van der Waals surface area contributed by atoms with E-state index in [4.69, 9.17) is 46.1 Å². The van der Waals surface area contributed by atoms with Crippen LogP contribution >= 0.6 is 17.2 Å². The molecule has 0 atom stereocenters. The van der Waals surface area contributed by atoms with Crippen molar-refractivity contribution >= 4 is 17.2 Å². The molecule has 5 aromatic rings.